The van der Waals surface area contributed by atoms with E-state index in [1.165, 1.54) is 12.3 Å². The van der Waals surface area contributed by atoms with Gasteiger partial charge in [-0.3, -0.25) is 9.55 Å². The first-order valence-corrected chi connectivity index (χ1v) is 8.26. The van der Waals surface area contributed by atoms with E-state index in [2.05, 4.69) is 15.2 Å². The van der Waals surface area contributed by atoms with Gasteiger partial charge < -0.3 is 0 Å². The Morgan fingerprint density at radius 1 is 1.12 bits per heavy atom. The summed E-state index contributed by atoms with van der Waals surface area (Å²) in [7, 11) is 0. The van der Waals surface area contributed by atoms with Crippen LogP contribution in [0.2, 0.25) is 0 Å². The molecule has 0 N–H and O–H groups in total. The summed E-state index contributed by atoms with van der Waals surface area (Å²) in [4.78, 5) is 4.31. The van der Waals surface area contributed by atoms with Crippen LogP contribution in [0.4, 0.5) is 8.78 Å². The smallest absolute Gasteiger partial charge is 0.150 e. The van der Waals surface area contributed by atoms with E-state index in [1.54, 1.807) is 18.4 Å². The van der Waals surface area contributed by atoms with Crippen LogP contribution in [0.25, 0.3) is 16.8 Å². The van der Waals surface area contributed by atoms with Crippen molar-refractivity contribution in [3.05, 3.63) is 58.9 Å². The highest BCUT2D eigenvalue weighted by Gasteiger charge is 2.24. The molecule has 0 saturated heterocycles. The lowest BCUT2D eigenvalue weighted by Crippen LogP contribution is -2.15. The standard InChI is InChI=1S/C18H14F2N4S/c1-9(25)17-13(7-21-8-15(17)20)12-5-11-3-4-16-23-22-10(2)24(16)18(11)14(19)6-12/h5-8H,3-4H2,1-2H3. The van der Waals surface area contributed by atoms with Crippen LogP contribution in [0, 0.1) is 18.6 Å². The molecule has 0 fully saturated rings. The quantitative estimate of drug-likeness (QED) is 0.518. The summed E-state index contributed by atoms with van der Waals surface area (Å²) in [5.74, 6) is 0.499. The molecule has 0 spiro atoms. The average Bonchev–Trinajstić information content (AvgIpc) is 2.95. The van der Waals surface area contributed by atoms with Gasteiger partial charge in [0.05, 0.1) is 11.9 Å². The lowest BCUT2D eigenvalue weighted by atomic mass is 9.94. The van der Waals surface area contributed by atoms with E-state index in [-0.39, 0.29) is 0 Å². The normalized spacial score (nSPS) is 12.6. The second kappa shape index (κ2) is 5.77. The molecule has 1 aliphatic rings. The van der Waals surface area contributed by atoms with Gasteiger partial charge in [0.15, 0.2) is 0 Å². The van der Waals surface area contributed by atoms with Crippen molar-refractivity contribution in [2.75, 3.05) is 0 Å². The van der Waals surface area contributed by atoms with Crippen LogP contribution in [0.1, 0.15) is 29.7 Å². The summed E-state index contributed by atoms with van der Waals surface area (Å²) in [6.45, 7) is 3.45. The zero-order valence-electron chi connectivity index (χ0n) is 13.7. The van der Waals surface area contributed by atoms with Gasteiger partial charge in [0, 0.05) is 28.6 Å². The van der Waals surface area contributed by atoms with Crippen molar-refractivity contribution >= 4 is 17.1 Å². The molecule has 0 atom stereocenters. The van der Waals surface area contributed by atoms with Crippen molar-refractivity contribution in [3.8, 4) is 16.8 Å². The Kier molecular flexibility index (Phi) is 3.68. The van der Waals surface area contributed by atoms with Crippen molar-refractivity contribution < 1.29 is 8.78 Å². The van der Waals surface area contributed by atoms with Crippen molar-refractivity contribution in [2.24, 2.45) is 0 Å². The molecule has 4 nitrogen and oxygen atoms in total. The minimum Gasteiger partial charge on any atom is -0.280 e. The number of aryl methyl sites for hydroxylation is 3. The van der Waals surface area contributed by atoms with Crippen molar-refractivity contribution in [2.45, 2.75) is 26.7 Å². The molecule has 1 aromatic carbocycles. The zero-order valence-corrected chi connectivity index (χ0v) is 14.5. The first-order valence-electron chi connectivity index (χ1n) is 7.86. The number of rotatable bonds is 2. The van der Waals surface area contributed by atoms with Gasteiger partial charge in [0.25, 0.3) is 0 Å². The predicted molar refractivity (Wildman–Crippen MR) is 94.0 cm³/mol. The maximum Gasteiger partial charge on any atom is 0.150 e. The molecule has 0 saturated carbocycles. The molecule has 3 aromatic rings. The SMILES string of the molecule is CC(=S)c1c(F)cncc1-c1cc(F)c2c(c1)CCc1nnc(C)n1-2. The average molecular weight is 356 g/mol. The van der Waals surface area contributed by atoms with Gasteiger partial charge in [-0.05, 0) is 43.5 Å². The Labute approximate surface area is 148 Å². The Morgan fingerprint density at radius 2 is 1.92 bits per heavy atom. The summed E-state index contributed by atoms with van der Waals surface area (Å²) in [6, 6.07) is 3.27. The molecule has 126 valence electrons. The molecular weight excluding hydrogens is 342 g/mol. The number of halogens is 2. The minimum atomic E-state index is -0.500. The van der Waals surface area contributed by atoms with Gasteiger partial charge in [-0.1, -0.05) is 12.2 Å². The van der Waals surface area contributed by atoms with Crippen LogP contribution < -0.4 is 0 Å². The molecule has 0 aliphatic carbocycles. The number of benzene rings is 1. The molecule has 0 unspecified atom stereocenters. The monoisotopic (exact) mass is 356 g/mol. The number of hydrogen-bond acceptors (Lipinski definition) is 4. The first-order chi connectivity index (χ1) is 12.0. The highest BCUT2D eigenvalue weighted by molar-refractivity contribution is 7.80. The molecule has 3 heterocycles. The maximum atomic E-state index is 15.0. The Hall–Kier alpha value is -2.54. The molecular formula is C18H14F2N4S. The van der Waals surface area contributed by atoms with Crippen LogP contribution in [-0.4, -0.2) is 24.6 Å². The zero-order chi connectivity index (χ0) is 17.7. The highest BCUT2D eigenvalue weighted by Crippen LogP contribution is 2.34. The number of pyridine rings is 1. The van der Waals surface area contributed by atoms with Crippen molar-refractivity contribution in [1.82, 2.24) is 19.7 Å². The summed E-state index contributed by atoms with van der Waals surface area (Å²) in [5, 5.41) is 8.13. The fourth-order valence-corrected chi connectivity index (χ4v) is 3.58. The maximum absolute atomic E-state index is 15.0. The number of aromatic nitrogens is 4. The molecule has 1 aliphatic heterocycles. The summed E-state index contributed by atoms with van der Waals surface area (Å²) < 4.78 is 30.9. The van der Waals surface area contributed by atoms with Crippen molar-refractivity contribution in [3.63, 3.8) is 0 Å². The van der Waals surface area contributed by atoms with Gasteiger partial charge in [0.1, 0.15) is 23.3 Å². The third kappa shape index (κ3) is 2.46. The second-order valence-corrected chi connectivity index (χ2v) is 6.68. The topological polar surface area (TPSA) is 43.6 Å². The Balaban J connectivity index is 1.95. The van der Waals surface area contributed by atoms with Gasteiger partial charge in [-0.25, -0.2) is 8.78 Å². The number of nitrogens with zero attached hydrogens (tertiary/aromatic N) is 4. The summed E-state index contributed by atoms with van der Waals surface area (Å²) in [5.41, 5.74) is 2.67. The summed E-state index contributed by atoms with van der Waals surface area (Å²) in [6.07, 6.45) is 3.97. The van der Waals surface area contributed by atoms with E-state index in [4.69, 9.17) is 12.2 Å². The predicted octanol–water partition coefficient (Wildman–Crippen LogP) is 3.75. The Bertz CT molecular complexity index is 1030. The lowest BCUT2D eigenvalue weighted by molar-refractivity contribution is 0.602. The molecule has 2 aromatic heterocycles. The molecule has 4 rings (SSSR count). The lowest BCUT2D eigenvalue weighted by Gasteiger charge is -2.21. The van der Waals surface area contributed by atoms with Crippen molar-refractivity contribution in [1.29, 1.82) is 0 Å². The van der Waals surface area contributed by atoms with E-state index in [0.717, 1.165) is 17.6 Å². The number of hydrogen-bond donors (Lipinski definition) is 0. The van der Waals surface area contributed by atoms with E-state index in [9.17, 15) is 8.78 Å². The van der Waals surface area contributed by atoms with Crippen LogP contribution in [0.3, 0.4) is 0 Å². The van der Waals surface area contributed by atoms with Gasteiger partial charge in [-0.15, -0.1) is 10.2 Å². The molecule has 0 amide bonds. The number of thiocarbonyl (C=S) groups is 1. The Morgan fingerprint density at radius 3 is 2.68 bits per heavy atom. The van der Waals surface area contributed by atoms with E-state index in [0.29, 0.717) is 45.9 Å². The largest absolute Gasteiger partial charge is 0.280 e. The summed E-state index contributed by atoms with van der Waals surface area (Å²) >= 11 is 5.17. The second-order valence-electron chi connectivity index (χ2n) is 6.06. The van der Waals surface area contributed by atoms with Crippen LogP contribution in [0.15, 0.2) is 24.5 Å². The van der Waals surface area contributed by atoms with Crippen LogP contribution in [-0.2, 0) is 12.8 Å². The van der Waals surface area contributed by atoms with E-state index in [1.807, 2.05) is 6.07 Å². The number of fused-ring (bicyclic) bond motifs is 3. The highest BCUT2D eigenvalue weighted by atomic mass is 32.1. The molecule has 7 heteroatoms. The van der Waals surface area contributed by atoms with Gasteiger partial charge >= 0.3 is 0 Å². The van der Waals surface area contributed by atoms with Crippen LogP contribution >= 0.6 is 12.2 Å². The fraction of sp³-hybridized carbons (Fsp3) is 0.222. The molecule has 25 heavy (non-hydrogen) atoms. The van der Waals surface area contributed by atoms with Gasteiger partial charge in [-0.2, -0.15) is 0 Å². The molecule has 0 radical (unpaired) electrons. The van der Waals surface area contributed by atoms with E-state index >= 15 is 0 Å². The van der Waals surface area contributed by atoms with Crippen LogP contribution in [0.5, 0.6) is 0 Å². The molecule has 0 bridgehead atoms. The third-order valence-corrected chi connectivity index (χ3v) is 4.64. The minimum absolute atomic E-state index is 0.293. The third-order valence-electron chi connectivity index (χ3n) is 4.44. The van der Waals surface area contributed by atoms with E-state index < -0.39 is 11.6 Å². The first kappa shape index (κ1) is 16.0. The fourth-order valence-electron chi connectivity index (χ4n) is 3.37. The van der Waals surface area contributed by atoms with Gasteiger partial charge in [0.2, 0.25) is 0 Å².